The van der Waals surface area contributed by atoms with Gasteiger partial charge in [-0.25, -0.2) is 0 Å². The maximum Gasteiger partial charge on any atom is 0.133 e. The molecule has 3 nitrogen and oxygen atoms in total. The molecule has 0 saturated heterocycles. The van der Waals surface area contributed by atoms with Crippen LogP contribution in [0.5, 0.6) is 5.75 Å². The van der Waals surface area contributed by atoms with E-state index in [1.54, 1.807) is 7.11 Å². The van der Waals surface area contributed by atoms with Crippen molar-refractivity contribution in [1.82, 2.24) is 4.90 Å². The molecule has 0 aliphatic heterocycles. The zero-order chi connectivity index (χ0) is 16.5. The molecule has 0 spiro atoms. The topological polar surface area (TPSA) is 38.5 Å². The molecule has 0 saturated carbocycles. The van der Waals surface area contributed by atoms with Gasteiger partial charge >= 0.3 is 0 Å². The summed E-state index contributed by atoms with van der Waals surface area (Å²) in [6.07, 6.45) is 2.25. The molecule has 0 fully saturated rings. The SMILES string of the molecule is COc1ccc(CN(CCN)CCCc2ccccc2)cc1Br. The van der Waals surface area contributed by atoms with E-state index >= 15 is 0 Å². The molecule has 2 N–H and O–H groups in total. The molecule has 0 aromatic heterocycles. The Kier molecular flexibility index (Phi) is 7.59. The van der Waals surface area contributed by atoms with Gasteiger partial charge in [0.25, 0.3) is 0 Å². The fourth-order valence-electron chi connectivity index (χ4n) is 2.67. The molecular formula is C19H25BrN2O. The average molecular weight is 377 g/mol. The summed E-state index contributed by atoms with van der Waals surface area (Å²) in [6.45, 7) is 3.56. The maximum absolute atomic E-state index is 5.77. The number of halogens is 1. The summed E-state index contributed by atoms with van der Waals surface area (Å²) in [7, 11) is 1.68. The van der Waals surface area contributed by atoms with Crippen LogP contribution in [0.4, 0.5) is 0 Å². The van der Waals surface area contributed by atoms with Crippen LogP contribution >= 0.6 is 15.9 Å². The van der Waals surface area contributed by atoms with Crippen molar-refractivity contribution in [2.45, 2.75) is 19.4 Å². The molecule has 0 amide bonds. The van der Waals surface area contributed by atoms with Crippen molar-refractivity contribution >= 4 is 15.9 Å². The van der Waals surface area contributed by atoms with Crippen molar-refractivity contribution in [1.29, 1.82) is 0 Å². The molecule has 2 aromatic carbocycles. The fourth-order valence-corrected chi connectivity index (χ4v) is 3.26. The van der Waals surface area contributed by atoms with E-state index in [9.17, 15) is 0 Å². The number of hydrogen-bond donors (Lipinski definition) is 1. The van der Waals surface area contributed by atoms with Crippen molar-refractivity contribution in [3.8, 4) is 5.75 Å². The first-order chi connectivity index (χ1) is 11.2. The molecule has 4 heteroatoms. The first-order valence-electron chi connectivity index (χ1n) is 8.01. The van der Waals surface area contributed by atoms with Crippen LogP contribution in [0.15, 0.2) is 53.0 Å². The summed E-state index contributed by atoms with van der Waals surface area (Å²) in [5, 5.41) is 0. The van der Waals surface area contributed by atoms with Crippen LogP contribution in [-0.4, -0.2) is 31.6 Å². The minimum Gasteiger partial charge on any atom is -0.496 e. The van der Waals surface area contributed by atoms with Crippen LogP contribution in [0.3, 0.4) is 0 Å². The summed E-state index contributed by atoms with van der Waals surface area (Å²) < 4.78 is 6.28. The van der Waals surface area contributed by atoms with Gasteiger partial charge in [-0.05, 0) is 58.6 Å². The van der Waals surface area contributed by atoms with Gasteiger partial charge in [0.05, 0.1) is 11.6 Å². The summed E-state index contributed by atoms with van der Waals surface area (Å²) in [5.74, 6) is 0.864. The van der Waals surface area contributed by atoms with E-state index in [1.807, 2.05) is 6.07 Å². The molecule has 0 aliphatic carbocycles. The van der Waals surface area contributed by atoms with Gasteiger partial charge in [-0.1, -0.05) is 36.4 Å². The van der Waals surface area contributed by atoms with Crippen LogP contribution in [0.1, 0.15) is 17.5 Å². The van der Waals surface area contributed by atoms with E-state index in [0.29, 0.717) is 6.54 Å². The molecule has 124 valence electrons. The van der Waals surface area contributed by atoms with Crippen molar-refractivity contribution in [3.63, 3.8) is 0 Å². The minimum atomic E-state index is 0.683. The van der Waals surface area contributed by atoms with Crippen LogP contribution in [0.25, 0.3) is 0 Å². The monoisotopic (exact) mass is 376 g/mol. The second-order valence-electron chi connectivity index (χ2n) is 5.62. The number of nitrogens with zero attached hydrogens (tertiary/aromatic N) is 1. The smallest absolute Gasteiger partial charge is 0.133 e. The largest absolute Gasteiger partial charge is 0.496 e. The van der Waals surface area contributed by atoms with Crippen LogP contribution in [0.2, 0.25) is 0 Å². The quantitative estimate of drug-likeness (QED) is 0.722. The summed E-state index contributed by atoms with van der Waals surface area (Å²) in [4.78, 5) is 2.41. The van der Waals surface area contributed by atoms with Crippen molar-refractivity contribution in [2.24, 2.45) is 5.73 Å². The second kappa shape index (κ2) is 9.71. The number of hydrogen-bond acceptors (Lipinski definition) is 3. The van der Waals surface area contributed by atoms with E-state index in [0.717, 1.165) is 42.7 Å². The molecule has 23 heavy (non-hydrogen) atoms. The Morgan fingerprint density at radius 1 is 1.04 bits per heavy atom. The van der Waals surface area contributed by atoms with Gasteiger partial charge in [0.2, 0.25) is 0 Å². The highest BCUT2D eigenvalue weighted by Gasteiger charge is 2.08. The molecule has 2 aromatic rings. The predicted octanol–water partition coefficient (Wildman–Crippen LogP) is 3.85. The lowest BCUT2D eigenvalue weighted by Gasteiger charge is -2.22. The molecule has 0 aliphatic rings. The Hall–Kier alpha value is -1.36. The lowest BCUT2D eigenvalue weighted by atomic mass is 10.1. The summed E-state index contributed by atoms with van der Waals surface area (Å²) in [5.41, 5.74) is 8.44. The number of benzene rings is 2. The molecular weight excluding hydrogens is 352 g/mol. The van der Waals surface area contributed by atoms with Crippen LogP contribution < -0.4 is 10.5 Å². The second-order valence-corrected chi connectivity index (χ2v) is 6.48. The van der Waals surface area contributed by atoms with E-state index < -0.39 is 0 Å². The van der Waals surface area contributed by atoms with Crippen LogP contribution in [0, 0.1) is 0 Å². The number of aryl methyl sites for hydroxylation is 1. The first kappa shape index (κ1) is 18.0. The Morgan fingerprint density at radius 2 is 1.83 bits per heavy atom. The van der Waals surface area contributed by atoms with E-state index in [-0.39, 0.29) is 0 Å². The van der Waals surface area contributed by atoms with Gasteiger partial charge in [-0.15, -0.1) is 0 Å². The Morgan fingerprint density at radius 3 is 2.48 bits per heavy atom. The molecule has 2 rings (SSSR count). The van der Waals surface area contributed by atoms with E-state index in [1.165, 1.54) is 11.1 Å². The number of rotatable bonds is 9. The third kappa shape index (κ3) is 5.98. The number of methoxy groups -OCH3 is 1. The average Bonchev–Trinajstić information content (AvgIpc) is 2.56. The lowest BCUT2D eigenvalue weighted by Crippen LogP contribution is -2.30. The van der Waals surface area contributed by atoms with Gasteiger partial charge in [-0.3, -0.25) is 4.90 Å². The number of ether oxygens (including phenoxy) is 1. The Labute approximate surface area is 147 Å². The lowest BCUT2D eigenvalue weighted by molar-refractivity contribution is 0.269. The molecule has 0 radical (unpaired) electrons. The van der Waals surface area contributed by atoms with E-state index in [2.05, 4.69) is 63.3 Å². The van der Waals surface area contributed by atoms with E-state index in [4.69, 9.17) is 10.5 Å². The van der Waals surface area contributed by atoms with Gasteiger partial charge in [0, 0.05) is 19.6 Å². The normalized spacial score (nSPS) is 11.0. The Balaban J connectivity index is 1.89. The van der Waals surface area contributed by atoms with Gasteiger partial charge in [-0.2, -0.15) is 0 Å². The maximum atomic E-state index is 5.77. The Bertz CT molecular complexity index is 589. The standard InChI is InChI=1S/C19H25BrN2O/c1-23-19-10-9-17(14-18(19)20)15-22(13-11-21)12-5-8-16-6-3-2-4-7-16/h2-4,6-7,9-10,14H,5,8,11-13,15,21H2,1H3. The highest BCUT2D eigenvalue weighted by atomic mass is 79.9. The zero-order valence-electron chi connectivity index (χ0n) is 13.7. The van der Waals surface area contributed by atoms with Gasteiger partial charge in [0.15, 0.2) is 0 Å². The zero-order valence-corrected chi connectivity index (χ0v) is 15.3. The molecule has 0 unspecified atom stereocenters. The van der Waals surface area contributed by atoms with Crippen molar-refractivity contribution < 1.29 is 4.74 Å². The van der Waals surface area contributed by atoms with Gasteiger partial charge in [0.1, 0.15) is 5.75 Å². The molecule has 0 bridgehead atoms. The van der Waals surface area contributed by atoms with Gasteiger partial charge < -0.3 is 10.5 Å². The highest BCUT2D eigenvalue weighted by Crippen LogP contribution is 2.26. The van der Waals surface area contributed by atoms with Crippen molar-refractivity contribution in [2.75, 3.05) is 26.7 Å². The van der Waals surface area contributed by atoms with Crippen molar-refractivity contribution in [3.05, 3.63) is 64.1 Å². The molecule has 0 atom stereocenters. The third-order valence-electron chi connectivity index (χ3n) is 3.85. The van der Waals surface area contributed by atoms with Crippen LogP contribution in [-0.2, 0) is 13.0 Å². The fraction of sp³-hybridized carbons (Fsp3) is 0.368. The predicted molar refractivity (Wildman–Crippen MR) is 99.8 cm³/mol. The summed E-state index contributed by atoms with van der Waals surface area (Å²) >= 11 is 3.55. The highest BCUT2D eigenvalue weighted by molar-refractivity contribution is 9.10. The molecule has 0 heterocycles. The summed E-state index contributed by atoms with van der Waals surface area (Å²) in [6, 6.07) is 16.9. The third-order valence-corrected chi connectivity index (χ3v) is 4.47. The minimum absolute atomic E-state index is 0.683. The first-order valence-corrected chi connectivity index (χ1v) is 8.81. The number of nitrogens with two attached hydrogens (primary N) is 1.